The quantitative estimate of drug-likeness (QED) is 0.0598. The Labute approximate surface area is 261 Å². The van der Waals surface area contributed by atoms with Crippen LogP contribution in [0.4, 0.5) is 9.59 Å². The zero-order valence-electron chi connectivity index (χ0n) is 27.0. The fourth-order valence-electron chi connectivity index (χ4n) is 3.36. The molecule has 246 valence electrons. The van der Waals surface area contributed by atoms with Gasteiger partial charge in [-0.2, -0.15) is 0 Å². The van der Waals surface area contributed by atoms with Crippen LogP contribution in [0.25, 0.3) is 0 Å². The van der Waals surface area contributed by atoms with Crippen molar-refractivity contribution in [2.24, 2.45) is 0 Å². The Balaban J connectivity index is 3.85. The van der Waals surface area contributed by atoms with Gasteiger partial charge in [0.05, 0.1) is 0 Å². The van der Waals surface area contributed by atoms with Crippen LogP contribution in [0.2, 0.25) is 0 Å². The Kier molecular flexibility index (Phi) is 15.5. The van der Waals surface area contributed by atoms with E-state index in [0.717, 1.165) is 7.11 Å². The minimum atomic E-state index is -2.70. The summed E-state index contributed by atoms with van der Waals surface area (Å²) in [5.74, 6) is -0.863. The van der Waals surface area contributed by atoms with Crippen LogP contribution in [0.3, 0.4) is 0 Å². The van der Waals surface area contributed by atoms with Gasteiger partial charge in [-0.15, -0.1) is 0 Å². The molecule has 0 aliphatic heterocycles. The van der Waals surface area contributed by atoms with Crippen molar-refractivity contribution in [3.05, 3.63) is 21.3 Å². The van der Waals surface area contributed by atoms with E-state index >= 15 is 0 Å². The molecule has 0 fully saturated rings. The molecule has 0 radical (unpaired) electrons. The molecular weight excluding hydrogens is 681 g/mol. The molecule has 1 aromatic rings. The molecule has 14 heteroatoms. The van der Waals surface area contributed by atoms with Crippen LogP contribution in [-0.4, -0.2) is 85.1 Å². The number of imide groups is 1. The van der Waals surface area contributed by atoms with Gasteiger partial charge in [0.1, 0.15) is 0 Å². The molecule has 0 aliphatic rings. The number of halogens is 1. The number of carbonyl (C=O) groups is 4. The Morgan fingerprint density at radius 2 is 1.30 bits per heavy atom. The number of hydrogen-bond donors (Lipinski definition) is 0. The van der Waals surface area contributed by atoms with Crippen LogP contribution in [0.1, 0.15) is 67.9 Å². The van der Waals surface area contributed by atoms with E-state index in [0.29, 0.717) is 27.2 Å². The van der Waals surface area contributed by atoms with Crippen molar-refractivity contribution in [2.45, 2.75) is 86.0 Å². The van der Waals surface area contributed by atoms with E-state index in [1.54, 1.807) is 65.5 Å². The van der Waals surface area contributed by atoms with E-state index in [-0.39, 0.29) is 31.5 Å². The van der Waals surface area contributed by atoms with Gasteiger partial charge < -0.3 is 0 Å². The molecule has 1 atom stereocenters. The summed E-state index contributed by atoms with van der Waals surface area (Å²) in [7, 11) is 1.14. The Bertz CT molecular complexity index is 1070. The molecule has 0 unspecified atom stereocenters. The van der Waals surface area contributed by atoms with Crippen LogP contribution in [0, 0.1) is 3.57 Å². The summed E-state index contributed by atoms with van der Waals surface area (Å²) in [6, 6.07) is 1.71. The second-order valence-electron chi connectivity index (χ2n) is 11.0. The first-order chi connectivity index (χ1) is 19.9. The third-order valence-electron chi connectivity index (χ3n) is 5.01. The van der Waals surface area contributed by atoms with Crippen molar-refractivity contribution in [2.75, 3.05) is 38.8 Å². The molecule has 0 aliphatic carbocycles. The number of alkyl halides is 1. The van der Waals surface area contributed by atoms with Crippen molar-refractivity contribution in [1.82, 2.24) is 4.90 Å². The third-order valence-corrected chi connectivity index (χ3v) is 8.93. The van der Waals surface area contributed by atoms with E-state index in [9.17, 15) is 19.2 Å². The normalized spacial score (nSPS) is 12.5. The van der Waals surface area contributed by atoms with Gasteiger partial charge in [0, 0.05) is 0 Å². The standard InChI is InChI=1S/C29H46INO12/c1-12-37-17-39-23-15-20(21(30(10)43-19(3)32)16-24(23)40-18-38-13-2)14-22(25(33)36-11)31(26(34)41-28(4,5)6)27(35)42-29(7,8)9/h15-16,22H,12-14,17-18H2,1-11H3/t22-/m0/s1. The summed E-state index contributed by atoms with van der Waals surface area (Å²) in [5.41, 5.74) is -1.56. The molecule has 13 nitrogen and oxygen atoms in total. The molecule has 1 aromatic carbocycles. The zero-order valence-corrected chi connectivity index (χ0v) is 29.1. The summed E-state index contributed by atoms with van der Waals surface area (Å²) in [4.78, 5) is 54.4. The van der Waals surface area contributed by atoms with Gasteiger partial charge >= 0.3 is 262 Å². The molecule has 1 rings (SSSR count). The first-order valence-corrected chi connectivity index (χ1v) is 17.8. The predicted molar refractivity (Wildman–Crippen MR) is 165 cm³/mol. The zero-order chi connectivity index (χ0) is 33.0. The number of carbonyl (C=O) groups excluding carboxylic acids is 4. The topological polar surface area (TPSA) is 145 Å². The first-order valence-electron chi connectivity index (χ1n) is 13.6. The number of rotatable bonds is 14. The average molecular weight is 728 g/mol. The Morgan fingerprint density at radius 3 is 1.70 bits per heavy atom. The number of methoxy groups -OCH3 is 1. The third kappa shape index (κ3) is 13.5. The minimum absolute atomic E-state index is 0.0817. The molecular formula is C29H46INO12. The van der Waals surface area contributed by atoms with E-state index in [4.69, 9.17) is 36.2 Å². The van der Waals surface area contributed by atoms with Gasteiger partial charge in [0.25, 0.3) is 0 Å². The van der Waals surface area contributed by atoms with Crippen LogP contribution < -0.4 is 9.47 Å². The molecule has 0 saturated carbocycles. The van der Waals surface area contributed by atoms with E-state index in [1.165, 1.54) is 6.92 Å². The Morgan fingerprint density at radius 1 is 0.837 bits per heavy atom. The van der Waals surface area contributed by atoms with Crippen molar-refractivity contribution in [1.29, 1.82) is 0 Å². The SMILES string of the molecule is CCOCOc1cc(C[C@@H](C(=O)OC)N(C(=O)OC(C)(C)C)C(=O)OC(C)(C)C)c(I(C)OC(C)=O)cc1OCOCC. The van der Waals surface area contributed by atoms with Gasteiger partial charge in [0.2, 0.25) is 0 Å². The number of benzene rings is 1. The van der Waals surface area contributed by atoms with Gasteiger partial charge in [-0.1, -0.05) is 0 Å². The van der Waals surface area contributed by atoms with Gasteiger partial charge in [-0.3, -0.25) is 0 Å². The molecule has 43 heavy (non-hydrogen) atoms. The maximum absolute atomic E-state index is 13.4. The molecule has 0 spiro atoms. The van der Waals surface area contributed by atoms with Crippen molar-refractivity contribution in [3.8, 4) is 11.5 Å². The number of hydrogen-bond acceptors (Lipinski definition) is 12. The second-order valence-corrected chi connectivity index (χ2v) is 15.0. The number of esters is 1. The van der Waals surface area contributed by atoms with Crippen LogP contribution >= 0.6 is 20.2 Å². The summed E-state index contributed by atoms with van der Waals surface area (Å²) >= 11 is -2.70. The van der Waals surface area contributed by atoms with E-state index in [1.807, 2.05) is 6.92 Å². The molecule has 0 heterocycles. The number of nitrogens with zero attached hydrogens (tertiary/aromatic N) is 1. The molecule has 0 aromatic heterocycles. The van der Waals surface area contributed by atoms with Gasteiger partial charge in [-0.05, 0) is 0 Å². The fourth-order valence-corrected chi connectivity index (χ4v) is 6.60. The van der Waals surface area contributed by atoms with Gasteiger partial charge in [0.15, 0.2) is 0 Å². The van der Waals surface area contributed by atoms with Gasteiger partial charge in [-0.25, -0.2) is 0 Å². The molecule has 0 saturated heterocycles. The summed E-state index contributed by atoms with van der Waals surface area (Å²) in [6.45, 7) is 15.3. The van der Waals surface area contributed by atoms with Crippen molar-refractivity contribution >= 4 is 44.4 Å². The molecule has 0 N–H and O–H groups in total. The van der Waals surface area contributed by atoms with Crippen LogP contribution in [0.5, 0.6) is 11.5 Å². The summed E-state index contributed by atoms with van der Waals surface area (Å²) in [6.07, 6.45) is -2.45. The van der Waals surface area contributed by atoms with Crippen LogP contribution in [-0.2, 0) is 42.8 Å². The monoisotopic (exact) mass is 727 g/mol. The maximum atomic E-state index is 13.4. The van der Waals surface area contributed by atoms with Crippen molar-refractivity contribution in [3.63, 3.8) is 0 Å². The fraction of sp³-hybridized carbons (Fsp3) is 0.655. The van der Waals surface area contributed by atoms with E-state index in [2.05, 4.69) is 0 Å². The number of ether oxygens (including phenoxy) is 7. The predicted octanol–water partition coefficient (Wildman–Crippen LogP) is 5.47. The van der Waals surface area contributed by atoms with Crippen molar-refractivity contribution < 1.29 is 55.4 Å². The summed E-state index contributed by atoms with van der Waals surface area (Å²) in [5, 5.41) is 0. The second kappa shape index (κ2) is 17.4. The molecule has 2 amide bonds. The first kappa shape index (κ1) is 38.2. The summed E-state index contributed by atoms with van der Waals surface area (Å²) < 4.78 is 44.5. The number of amides is 2. The molecule has 0 bridgehead atoms. The van der Waals surface area contributed by atoms with E-state index < -0.39 is 61.6 Å². The van der Waals surface area contributed by atoms with Crippen LogP contribution in [0.15, 0.2) is 12.1 Å². The Hall–Kier alpha value is -2.85. The average Bonchev–Trinajstić information content (AvgIpc) is 2.86.